The number of benzene rings is 4. The maximum absolute atomic E-state index is 6.30. The molecule has 0 radical (unpaired) electrons. The summed E-state index contributed by atoms with van der Waals surface area (Å²) in [7, 11) is 0. The van der Waals surface area contributed by atoms with Gasteiger partial charge in [0.15, 0.2) is 0 Å². The van der Waals surface area contributed by atoms with E-state index in [-0.39, 0.29) is 11.6 Å². The van der Waals surface area contributed by atoms with Gasteiger partial charge in [0.1, 0.15) is 0 Å². The fraction of sp³-hybridized carbons (Fsp3) is 0.185. The summed E-state index contributed by atoms with van der Waals surface area (Å²) in [5.74, 6) is 0. The Morgan fingerprint density at radius 1 is 0.733 bits per heavy atom. The molecule has 152 valence electrons. The zero-order valence-electron chi connectivity index (χ0n) is 17.8. The maximum Gasteiger partial charge on any atom is 0.0540 e. The largest absolute Gasteiger partial charge is 0.324 e. The highest BCUT2D eigenvalue weighted by atomic mass is 15.1. The molecule has 4 aromatic rings. The van der Waals surface area contributed by atoms with Gasteiger partial charge in [-0.15, -0.1) is 0 Å². The van der Waals surface area contributed by atoms with Crippen molar-refractivity contribution in [2.24, 2.45) is 11.5 Å². The van der Waals surface area contributed by atoms with E-state index in [0.717, 1.165) is 28.2 Å². The molecular weight excluding hydrogens is 366 g/mol. The van der Waals surface area contributed by atoms with Crippen LogP contribution >= 0.6 is 0 Å². The lowest BCUT2D eigenvalue weighted by Crippen LogP contribution is -2.28. The van der Waals surface area contributed by atoms with Gasteiger partial charge >= 0.3 is 0 Å². The molecule has 0 aliphatic carbocycles. The minimum atomic E-state index is -0.373. The molecule has 4 aromatic carbocycles. The first-order valence-corrected chi connectivity index (χ1v) is 10.4. The van der Waals surface area contributed by atoms with Gasteiger partial charge in [0.2, 0.25) is 0 Å². The van der Waals surface area contributed by atoms with E-state index in [9.17, 15) is 0 Å². The molecule has 0 saturated heterocycles. The Balaban J connectivity index is 1.89. The standard InChI is InChI=1S/C27H29N3/c1-19(28)20-11-15-23(16-12-20)30(24-17-13-22(14-18-24)27(2,3)29)26-10-6-8-21-7-4-5-9-25(21)26/h4-19H,28-29H2,1-3H3. The quantitative estimate of drug-likeness (QED) is 0.404. The number of fused-ring (bicyclic) bond motifs is 1. The van der Waals surface area contributed by atoms with Crippen molar-refractivity contribution in [2.75, 3.05) is 4.90 Å². The fourth-order valence-corrected chi connectivity index (χ4v) is 3.80. The van der Waals surface area contributed by atoms with E-state index in [1.54, 1.807) is 0 Å². The van der Waals surface area contributed by atoms with Crippen molar-refractivity contribution in [2.45, 2.75) is 32.4 Å². The third kappa shape index (κ3) is 3.95. The predicted octanol–water partition coefficient (Wildman–Crippen LogP) is 6.52. The van der Waals surface area contributed by atoms with Crippen LogP contribution in [0.4, 0.5) is 17.1 Å². The van der Waals surface area contributed by atoms with Crippen molar-refractivity contribution >= 4 is 27.8 Å². The Labute approximate surface area is 178 Å². The van der Waals surface area contributed by atoms with Crippen LogP contribution in [0.5, 0.6) is 0 Å². The van der Waals surface area contributed by atoms with Crippen LogP contribution in [-0.4, -0.2) is 0 Å². The van der Waals surface area contributed by atoms with Crippen molar-refractivity contribution in [1.29, 1.82) is 0 Å². The Hall–Kier alpha value is -3.14. The first-order valence-electron chi connectivity index (χ1n) is 10.4. The van der Waals surface area contributed by atoms with E-state index in [1.165, 1.54) is 10.8 Å². The monoisotopic (exact) mass is 395 g/mol. The van der Waals surface area contributed by atoms with Crippen molar-refractivity contribution in [3.05, 3.63) is 102 Å². The average Bonchev–Trinajstić information content (AvgIpc) is 2.74. The second-order valence-corrected chi connectivity index (χ2v) is 8.48. The zero-order chi connectivity index (χ0) is 21.3. The van der Waals surface area contributed by atoms with E-state index in [1.807, 2.05) is 20.8 Å². The summed E-state index contributed by atoms with van der Waals surface area (Å²) in [6, 6.07) is 31.9. The van der Waals surface area contributed by atoms with Crippen LogP contribution < -0.4 is 16.4 Å². The molecule has 1 atom stereocenters. The van der Waals surface area contributed by atoms with Gasteiger partial charge in [0, 0.05) is 28.3 Å². The van der Waals surface area contributed by atoms with E-state index in [4.69, 9.17) is 11.5 Å². The number of rotatable bonds is 5. The van der Waals surface area contributed by atoms with Crippen molar-refractivity contribution in [3.63, 3.8) is 0 Å². The lowest BCUT2D eigenvalue weighted by atomic mass is 9.95. The van der Waals surface area contributed by atoms with Gasteiger partial charge in [-0.05, 0) is 67.6 Å². The first kappa shape index (κ1) is 20.1. The summed E-state index contributed by atoms with van der Waals surface area (Å²) in [5, 5.41) is 2.42. The topological polar surface area (TPSA) is 55.3 Å². The highest BCUT2D eigenvalue weighted by molar-refractivity contribution is 5.98. The summed E-state index contributed by atoms with van der Waals surface area (Å²) in [4.78, 5) is 2.29. The van der Waals surface area contributed by atoms with Crippen molar-refractivity contribution < 1.29 is 0 Å². The average molecular weight is 396 g/mol. The van der Waals surface area contributed by atoms with Crippen molar-refractivity contribution in [3.8, 4) is 0 Å². The predicted molar refractivity (Wildman–Crippen MR) is 128 cm³/mol. The van der Waals surface area contributed by atoms with Crippen LogP contribution in [0.1, 0.15) is 37.9 Å². The maximum atomic E-state index is 6.30. The molecule has 4 N–H and O–H groups in total. The molecule has 1 unspecified atom stereocenters. The van der Waals surface area contributed by atoms with Crippen LogP contribution in [0.15, 0.2) is 91.0 Å². The Kier molecular flexibility index (Phi) is 5.33. The molecule has 0 heterocycles. The first-order chi connectivity index (χ1) is 14.3. The van der Waals surface area contributed by atoms with Crippen LogP contribution in [0, 0.1) is 0 Å². The van der Waals surface area contributed by atoms with Crippen LogP contribution in [0.25, 0.3) is 10.8 Å². The summed E-state index contributed by atoms with van der Waals surface area (Å²) in [6.45, 7) is 6.05. The van der Waals surface area contributed by atoms with Crippen LogP contribution in [-0.2, 0) is 5.54 Å². The zero-order valence-corrected chi connectivity index (χ0v) is 17.8. The molecule has 0 aliphatic heterocycles. The highest BCUT2D eigenvalue weighted by Gasteiger charge is 2.18. The smallest absolute Gasteiger partial charge is 0.0540 e. The summed E-state index contributed by atoms with van der Waals surface area (Å²) in [5.41, 5.74) is 17.5. The molecule has 0 aromatic heterocycles. The lowest BCUT2D eigenvalue weighted by molar-refractivity contribution is 0.554. The van der Waals surface area contributed by atoms with Crippen molar-refractivity contribution in [1.82, 2.24) is 0 Å². The Bertz CT molecular complexity index is 1130. The minimum absolute atomic E-state index is 0.0103. The normalized spacial score (nSPS) is 12.7. The molecule has 0 bridgehead atoms. The van der Waals surface area contributed by atoms with Gasteiger partial charge in [-0.2, -0.15) is 0 Å². The SMILES string of the molecule is CC(N)c1ccc(N(c2ccc(C(C)(C)N)cc2)c2cccc3ccccc23)cc1. The number of hydrogen-bond acceptors (Lipinski definition) is 3. The number of nitrogens with zero attached hydrogens (tertiary/aromatic N) is 1. The molecular formula is C27H29N3. The molecule has 0 saturated carbocycles. The molecule has 0 aliphatic rings. The van der Waals surface area contributed by atoms with E-state index < -0.39 is 0 Å². The number of nitrogens with two attached hydrogens (primary N) is 2. The van der Waals surface area contributed by atoms with Gasteiger partial charge < -0.3 is 16.4 Å². The van der Waals surface area contributed by atoms with Gasteiger partial charge in [-0.25, -0.2) is 0 Å². The third-order valence-corrected chi connectivity index (χ3v) is 5.55. The number of anilines is 3. The molecule has 3 nitrogen and oxygen atoms in total. The third-order valence-electron chi connectivity index (χ3n) is 5.55. The summed E-state index contributed by atoms with van der Waals surface area (Å²) < 4.78 is 0. The molecule has 0 amide bonds. The molecule has 3 heteroatoms. The fourth-order valence-electron chi connectivity index (χ4n) is 3.80. The van der Waals surface area contributed by atoms with Gasteiger partial charge in [-0.1, -0.05) is 60.7 Å². The number of hydrogen-bond donors (Lipinski definition) is 2. The second kappa shape index (κ2) is 7.94. The lowest BCUT2D eigenvalue weighted by Gasteiger charge is -2.28. The van der Waals surface area contributed by atoms with Gasteiger partial charge in [0.25, 0.3) is 0 Å². The highest BCUT2D eigenvalue weighted by Crippen LogP contribution is 2.39. The van der Waals surface area contributed by atoms with Crippen LogP contribution in [0.3, 0.4) is 0 Å². The molecule has 0 spiro atoms. The molecule has 4 rings (SSSR count). The van der Waals surface area contributed by atoms with Gasteiger partial charge in [0.05, 0.1) is 5.69 Å². The van der Waals surface area contributed by atoms with Crippen LogP contribution in [0.2, 0.25) is 0 Å². The van der Waals surface area contributed by atoms with E-state index in [0.29, 0.717) is 0 Å². The minimum Gasteiger partial charge on any atom is -0.324 e. The van der Waals surface area contributed by atoms with E-state index in [2.05, 4.69) is 95.9 Å². The Morgan fingerprint density at radius 2 is 1.30 bits per heavy atom. The molecule has 30 heavy (non-hydrogen) atoms. The second-order valence-electron chi connectivity index (χ2n) is 8.48. The Morgan fingerprint density at radius 3 is 1.90 bits per heavy atom. The van der Waals surface area contributed by atoms with Gasteiger partial charge in [-0.3, -0.25) is 0 Å². The summed E-state index contributed by atoms with van der Waals surface area (Å²) in [6.07, 6.45) is 0. The molecule has 0 fully saturated rings. The van der Waals surface area contributed by atoms with E-state index >= 15 is 0 Å². The summed E-state index contributed by atoms with van der Waals surface area (Å²) >= 11 is 0.